The number of alkyl carbamates (subject to hydrolysis) is 1. The predicted molar refractivity (Wildman–Crippen MR) is 123 cm³/mol. The number of benzene rings is 2. The van der Waals surface area contributed by atoms with Crippen LogP contribution < -0.4 is 5.32 Å². The number of hydrogen-bond donors (Lipinski definition) is 3. The number of aliphatic hydroxyl groups is 1. The molecule has 8 nitrogen and oxygen atoms in total. The molecule has 2 fully saturated rings. The van der Waals surface area contributed by atoms with Crippen LogP contribution in [0.4, 0.5) is 4.79 Å². The maximum absolute atomic E-state index is 13.3. The van der Waals surface area contributed by atoms with E-state index in [1.165, 1.54) is 4.90 Å². The second kappa shape index (κ2) is 8.43. The molecule has 2 aliphatic carbocycles. The number of β-amino-alcohol motifs (C(OH)–C–C–N with tert-alkyl or cyclic N) is 1. The molecule has 0 aromatic heterocycles. The van der Waals surface area contributed by atoms with Crippen molar-refractivity contribution < 1.29 is 29.3 Å². The van der Waals surface area contributed by atoms with Gasteiger partial charge >= 0.3 is 12.1 Å². The number of likely N-dealkylation sites (tertiary alicyclic amines) is 1. The van der Waals surface area contributed by atoms with Crippen molar-refractivity contribution in [3.8, 4) is 11.1 Å². The largest absolute Gasteiger partial charge is 0.479 e. The molecule has 5 rings (SSSR count). The predicted octanol–water partition coefficient (Wildman–Crippen LogP) is 2.89. The lowest BCUT2D eigenvalue weighted by molar-refractivity contribution is -0.168. The molecule has 3 N–H and O–H groups in total. The van der Waals surface area contributed by atoms with E-state index in [4.69, 9.17) is 4.74 Å². The number of hydrogen-bond acceptors (Lipinski definition) is 5. The van der Waals surface area contributed by atoms with Crippen molar-refractivity contribution in [2.45, 2.75) is 49.2 Å². The quantitative estimate of drug-likeness (QED) is 0.627. The number of piperidine rings is 1. The number of nitrogens with zero attached hydrogens (tertiary/aromatic N) is 1. The Morgan fingerprint density at radius 1 is 0.971 bits per heavy atom. The molecular formula is C26H28N2O6. The highest BCUT2D eigenvalue weighted by molar-refractivity contribution is 5.92. The zero-order chi connectivity index (χ0) is 23.9. The third kappa shape index (κ3) is 3.72. The maximum atomic E-state index is 13.3. The smallest absolute Gasteiger partial charge is 0.408 e. The number of carboxylic acids is 1. The van der Waals surface area contributed by atoms with Crippen molar-refractivity contribution in [2.24, 2.45) is 0 Å². The van der Waals surface area contributed by atoms with Crippen molar-refractivity contribution in [1.82, 2.24) is 10.2 Å². The van der Waals surface area contributed by atoms with Gasteiger partial charge in [-0.2, -0.15) is 0 Å². The van der Waals surface area contributed by atoms with E-state index in [1.54, 1.807) is 0 Å². The molecule has 2 aromatic rings. The summed E-state index contributed by atoms with van der Waals surface area (Å²) >= 11 is 0. The summed E-state index contributed by atoms with van der Waals surface area (Å²) < 4.78 is 5.62. The molecule has 1 unspecified atom stereocenters. The standard InChI is InChI=1S/C26H28N2O6/c29-22(28-14-6-13-26(33,16-28)23(30)31)25(11-5-12-25)27-24(32)34-15-21-19-9-3-1-7-17(19)18-8-2-4-10-20(18)21/h1-4,7-10,21,33H,5-6,11-16H2,(H,27,32)(H,30,31). The van der Waals surface area contributed by atoms with Crippen molar-refractivity contribution in [3.05, 3.63) is 59.7 Å². The van der Waals surface area contributed by atoms with E-state index < -0.39 is 23.2 Å². The molecule has 0 bridgehead atoms. The van der Waals surface area contributed by atoms with Crippen LogP contribution in [0, 0.1) is 0 Å². The van der Waals surface area contributed by atoms with Gasteiger partial charge in [-0.3, -0.25) is 4.79 Å². The third-order valence-corrected chi connectivity index (χ3v) is 7.46. The molecule has 2 aromatic carbocycles. The molecule has 1 heterocycles. The summed E-state index contributed by atoms with van der Waals surface area (Å²) in [6.07, 6.45) is 1.50. The zero-order valence-electron chi connectivity index (χ0n) is 18.8. The Hall–Kier alpha value is -3.39. The lowest BCUT2D eigenvalue weighted by atomic mass is 9.75. The van der Waals surface area contributed by atoms with E-state index in [1.807, 2.05) is 36.4 Å². The van der Waals surface area contributed by atoms with Gasteiger partial charge in [-0.15, -0.1) is 0 Å². The summed E-state index contributed by atoms with van der Waals surface area (Å²) in [4.78, 5) is 38.9. The molecule has 0 spiro atoms. The average molecular weight is 465 g/mol. The number of rotatable bonds is 5. The topological polar surface area (TPSA) is 116 Å². The van der Waals surface area contributed by atoms with Crippen molar-refractivity contribution in [2.75, 3.05) is 19.7 Å². The first kappa shape index (κ1) is 22.4. The van der Waals surface area contributed by atoms with Gasteiger partial charge in [-0.05, 0) is 54.4 Å². The number of fused-ring (bicyclic) bond motifs is 3. The molecule has 2 amide bonds. The monoisotopic (exact) mass is 464 g/mol. The fourth-order valence-electron chi connectivity index (χ4n) is 5.44. The van der Waals surface area contributed by atoms with Crippen LogP contribution in [-0.4, -0.2) is 63.9 Å². The minimum absolute atomic E-state index is 0.0844. The number of amides is 2. The van der Waals surface area contributed by atoms with E-state index in [0.29, 0.717) is 25.8 Å². The molecule has 178 valence electrons. The van der Waals surface area contributed by atoms with Gasteiger partial charge in [0.2, 0.25) is 5.91 Å². The Morgan fingerprint density at radius 2 is 1.59 bits per heavy atom. The number of ether oxygens (including phenoxy) is 1. The van der Waals surface area contributed by atoms with E-state index in [0.717, 1.165) is 28.7 Å². The average Bonchev–Trinajstić information content (AvgIpc) is 3.13. The van der Waals surface area contributed by atoms with Crippen molar-refractivity contribution in [1.29, 1.82) is 0 Å². The summed E-state index contributed by atoms with van der Waals surface area (Å²) in [6, 6.07) is 16.1. The van der Waals surface area contributed by atoms with Gasteiger partial charge < -0.3 is 25.2 Å². The summed E-state index contributed by atoms with van der Waals surface area (Å²) in [5.41, 5.74) is 1.41. The van der Waals surface area contributed by atoms with Crippen LogP contribution in [0.5, 0.6) is 0 Å². The Bertz CT molecular complexity index is 1100. The molecule has 8 heteroatoms. The minimum atomic E-state index is -1.96. The summed E-state index contributed by atoms with van der Waals surface area (Å²) in [7, 11) is 0. The number of carbonyl (C=O) groups is 3. The van der Waals surface area contributed by atoms with Crippen LogP contribution >= 0.6 is 0 Å². The SMILES string of the molecule is O=C(NC1(C(=O)N2CCCC(O)(C(=O)O)C2)CCC1)OCC1c2ccccc2-c2ccccc21. The molecule has 1 saturated carbocycles. The van der Waals surface area contributed by atoms with E-state index in [2.05, 4.69) is 17.4 Å². The maximum Gasteiger partial charge on any atom is 0.408 e. The van der Waals surface area contributed by atoms with Gasteiger partial charge in [0.05, 0.1) is 6.54 Å². The van der Waals surface area contributed by atoms with E-state index in [9.17, 15) is 24.6 Å². The number of carboxylic acid groups (broad SMARTS) is 1. The number of carbonyl (C=O) groups excluding carboxylic acids is 2. The fourth-order valence-corrected chi connectivity index (χ4v) is 5.44. The second-order valence-corrected chi connectivity index (χ2v) is 9.55. The van der Waals surface area contributed by atoms with Crippen molar-refractivity contribution in [3.63, 3.8) is 0 Å². The van der Waals surface area contributed by atoms with Gasteiger partial charge in [0, 0.05) is 12.5 Å². The highest BCUT2D eigenvalue weighted by Gasteiger charge is 2.51. The molecule has 3 aliphatic rings. The van der Waals surface area contributed by atoms with Crippen LogP contribution in [0.2, 0.25) is 0 Å². The van der Waals surface area contributed by atoms with E-state index >= 15 is 0 Å². The lowest BCUT2D eigenvalue weighted by Gasteiger charge is -2.46. The summed E-state index contributed by atoms with van der Waals surface area (Å²) in [5, 5.41) is 22.5. The summed E-state index contributed by atoms with van der Waals surface area (Å²) in [5.74, 6) is -1.78. The highest BCUT2D eigenvalue weighted by Crippen LogP contribution is 2.44. The second-order valence-electron chi connectivity index (χ2n) is 9.55. The first-order chi connectivity index (χ1) is 16.3. The van der Waals surface area contributed by atoms with Gasteiger partial charge in [0.1, 0.15) is 12.1 Å². The van der Waals surface area contributed by atoms with E-state index in [-0.39, 0.29) is 31.4 Å². The Kier molecular flexibility index (Phi) is 5.56. The zero-order valence-corrected chi connectivity index (χ0v) is 18.8. The van der Waals surface area contributed by atoms with Crippen LogP contribution in [0.3, 0.4) is 0 Å². The Balaban J connectivity index is 1.26. The van der Waals surface area contributed by atoms with Crippen LogP contribution in [-0.2, 0) is 14.3 Å². The Labute approximate surface area is 197 Å². The molecule has 1 atom stereocenters. The molecule has 0 radical (unpaired) electrons. The molecule has 1 aliphatic heterocycles. The van der Waals surface area contributed by atoms with Crippen LogP contribution in [0.25, 0.3) is 11.1 Å². The lowest BCUT2D eigenvalue weighted by Crippen LogP contribution is -2.66. The third-order valence-electron chi connectivity index (χ3n) is 7.46. The van der Waals surface area contributed by atoms with Crippen molar-refractivity contribution >= 4 is 18.0 Å². The fraction of sp³-hybridized carbons (Fsp3) is 0.423. The molecular weight excluding hydrogens is 436 g/mol. The minimum Gasteiger partial charge on any atom is -0.479 e. The number of nitrogens with one attached hydrogen (secondary N) is 1. The number of aliphatic carboxylic acids is 1. The van der Waals surface area contributed by atoms with Gasteiger partial charge in [-0.1, -0.05) is 48.5 Å². The summed E-state index contributed by atoms with van der Waals surface area (Å²) in [6.45, 7) is 0.213. The Morgan fingerprint density at radius 3 is 2.15 bits per heavy atom. The van der Waals surface area contributed by atoms with Gasteiger partial charge in [-0.25, -0.2) is 9.59 Å². The molecule has 34 heavy (non-hydrogen) atoms. The van der Waals surface area contributed by atoms with Crippen LogP contribution in [0.15, 0.2) is 48.5 Å². The highest BCUT2D eigenvalue weighted by atomic mass is 16.5. The van der Waals surface area contributed by atoms with Gasteiger partial charge in [0.25, 0.3) is 0 Å². The first-order valence-corrected chi connectivity index (χ1v) is 11.7. The first-order valence-electron chi connectivity index (χ1n) is 11.7. The van der Waals surface area contributed by atoms with Gasteiger partial charge in [0.15, 0.2) is 5.60 Å². The molecule has 1 saturated heterocycles. The normalized spacial score (nSPS) is 22.8. The van der Waals surface area contributed by atoms with Crippen LogP contribution in [0.1, 0.15) is 49.1 Å².